The highest BCUT2D eigenvalue weighted by Crippen LogP contribution is 2.27. The molecular formula is C14H21NO3. The van der Waals surface area contributed by atoms with E-state index in [1.165, 1.54) is 5.56 Å². The number of aliphatic hydroxyl groups excluding tert-OH is 2. The SMILES string of the molecule is CC(CO)(CO)CNCC1Cc2ccccc2O1. The number of fused-ring (bicyclic) bond motifs is 1. The van der Waals surface area contributed by atoms with Crippen LogP contribution >= 0.6 is 0 Å². The quantitative estimate of drug-likeness (QED) is 0.692. The number of hydrogen-bond donors (Lipinski definition) is 3. The monoisotopic (exact) mass is 251 g/mol. The van der Waals surface area contributed by atoms with Gasteiger partial charge in [-0.2, -0.15) is 0 Å². The Morgan fingerprint density at radius 1 is 1.33 bits per heavy atom. The fourth-order valence-corrected chi connectivity index (χ4v) is 2.06. The van der Waals surface area contributed by atoms with Crippen molar-refractivity contribution in [2.24, 2.45) is 5.41 Å². The molecule has 0 saturated heterocycles. The van der Waals surface area contributed by atoms with Gasteiger partial charge in [0.2, 0.25) is 0 Å². The van der Waals surface area contributed by atoms with Gasteiger partial charge in [-0.05, 0) is 11.6 Å². The summed E-state index contributed by atoms with van der Waals surface area (Å²) < 4.78 is 5.80. The lowest BCUT2D eigenvalue weighted by Crippen LogP contribution is -2.41. The summed E-state index contributed by atoms with van der Waals surface area (Å²) in [6.45, 7) is 3.11. The second-order valence-corrected chi connectivity index (χ2v) is 5.31. The maximum Gasteiger partial charge on any atom is 0.123 e. The van der Waals surface area contributed by atoms with E-state index in [4.69, 9.17) is 4.74 Å². The van der Waals surface area contributed by atoms with Crippen molar-refractivity contribution in [1.82, 2.24) is 5.32 Å². The molecule has 0 bridgehead atoms. The van der Waals surface area contributed by atoms with Crippen LogP contribution in [0.3, 0.4) is 0 Å². The van der Waals surface area contributed by atoms with Gasteiger partial charge in [-0.3, -0.25) is 0 Å². The van der Waals surface area contributed by atoms with Crippen LogP contribution in [0.15, 0.2) is 24.3 Å². The zero-order valence-corrected chi connectivity index (χ0v) is 10.7. The topological polar surface area (TPSA) is 61.7 Å². The van der Waals surface area contributed by atoms with Gasteiger partial charge in [0.05, 0.1) is 13.2 Å². The lowest BCUT2D eigenvalue weighted by Gasteiger charge is -2.25. The van der Waals surface area contributed by atoms with Crippen molar-refractivity contribution in [1.29, 1.82) is 0 Å². The molecule has 0 amide bonds. The van der Waals surface area contributed by atoms with Crippen LogP contribution in [0.4, 0.5) is 0 Å². The van der Waals surface area contributed by atoms with E-state index in [0.717, 1.165) is 18.7 Å². The maximum absolute atomic E-state index is 9.19. The lowest BCUT2D eigenvalue weighted by atomic mass is 9.93. The maximum atomic E-state index is 9.19. The van der Waals surface area contributed by atoms with Gasteiger partial charge in [-0.1, -0.05) is 25.1 Å². The number of nitrogens with one attached hydrogen (secondary N) is 1. The smallest absolute Gasteiger partial charge is 0.123 e. The molecule has 1 atom stereocenters. The molecule has 1 aliphatic heterocycles. The van der Waals surface area contributed by atoms with Gasteiger partial charge in [-0.25, -0.2) is 0 Å². The van der Waals surface area contributed by atoms with Gasteiger partial charge in [0, 0.05) is 24.9 Å². The molecule has 4 nitrogen and oxygen atoms in total. The van der Waals surface area contributed by atoms with Crippen molar-refractivity contribution in [3.05, 3.63) is 29.8 Å². The zero-order chi connectivity index (χ0) is 13.0. The molecule has 1 aromatic rings. The normalized spacial score (nSPS) is 18.5. The van der Waals surface area contributed by atoms with Crippen molar-refractivity contribution in [3.63, 3.8) is 0 Å². The Bertz CT molecular complexity index is 365. The number of ether oxygens (including phenoxy) is 1. The molecule has 1 aromatic carbocycles. The minimum Gasteiger partial charge on any atom is -0.488 e. The molecule has 2 rings (SSSR count). The first-order valence-electron chi connectivity index (χ1n) is 6.34. The average molecular weight is 251 g/mol. The first-order valence-corrected chi connectivity index (χ1v) is 6.34. The van der Waals surface area contributed by atoms with Gasteiger partial charge >= 0.3 is 0 Å². The molecule has 1 unspecified atom stereocenters. The number of rotatable bonds is 6. The zero-order valence-electron chi connectivity index (χ0n) is 10.7. The van der Waals surface area contributed by atoms with E-state index in [9.17, 15) is 10.2 Å². The summed E-state index contributed by atoms with van der Waals surface area (Å²) in [5.41, 5.74) is 0.780. The van der Waals surface area contributed by atoms with Crippen LogP contribution in [-0.4, -0.2) is 42.6 Å². The minimum absolute atomic E-state index is 0.0255. The van der Waals surface area contributed by atoms with Crippen molar-refractivity contribution >= 4 is 0 Å². The summed E-state index contributed by atoms with van der Waals surface area (Å²) in [6.07, 6.45) is 1.06. The highest BCUT2D eigenvalue weighted by Gasteiger charge is 2.25. The van der Waals surface area contributed by atoms with Crippen LogP contribution in [0.5, 0.6) is 5.75 Å². The first kappa shape index (κ1) is 13.3. The standard InChI is InChI=1S/C14H21NO3/c1-14(9-16,10-17)8-15-7-12-6-11-4-2-3-5-13(11)18-12/h2-5,12,15-17H,6-10H2,1H3. The van der Waals surface area contributed by atoms with Crippen LogP contribution in [0.25, 0.3) is 0 Å². The molecule has 0 spiro atoms. The number of aliphatic hydroxyl groups is 2. The number of benzene rings is 1. The predicted molar refractivity (Wildman–Crippen MR) is 69.7 cm³/mol. The molecular weight excluding hydrogens is 230 g/mol. The van der Waals surface area contributed by atoms with Crippen molar-refractivity contribution in [2.45, 2.75) is 19.4 Å². The highest BCUT2D eigenvalue weighted by atomic mass is 16.5. The van der Waals surface area contributed by atoms with Crippen LogP contribution in [0.2, 0.25) is 0 Å². The Balaban J connectivity index is 1.77. The third-order valence-corrected chi connectivity index (χ3v) is 3.40. The molecule has 3 N–H and O–H groups in total. The third kappa shape index (κ3) is 3.02. The number of para-hydroxylation sites is 1. The van der Waals surface area contributed by atoms with Crippen molar-refractivity contribution in [2.75, 3.05) is 26.3 Å². The molecule has 0 aromatic heterocycles. The molecule has 1 aliphatic rings. The minimum atomic E-state index is -0.467. The van der Waals surface area contributed by atoms with Gasteiger partial charge in [0.15, 0.2) is 0 Å². The summed E-state index contributed by atoms with van der Waals surface area (Å²) >= 11 is 0. The summed E-state index contributed by atoms with van der Waals surface area (Å²) in [5, 5.41) is 21.6. The highest BCUT2D eigenvalue weighted by molar-refractivity contribution is 5.37. The molecule has 4 heteroatoms. The summed E-state index contributed by atoms with van der Waals surface area (Å²) in [7, 11) is 0. The van der Waals surface area contributed by atoms with Crippen LogP contribution in [0, 0.1) is 5.41 Å². The van der Waals surface area contributed by atoms with E-state index in [2.05, 4.69) is 11.4 Å². The lowest BCUT2D eigenvalue weighted by molar-refractivity contribution is 0.0674. The molecule has 0 saturated carbocycles. The van der Waals surface area contributed by atoms with E-state index < -0.39 is 5.41 Å². The Hall–Kier alpha value is -1.10. The van der Waals surface area contributed by atoms with Crippen LogP contribution in [-0.2, 0) is 6.42 Å². The average Bonchev–Trinajstić information content (AvgIpc) is 2.81. The summed E-state index contributed by atoms with van der Waals surface area (Å²) in [5.74, 6) is 0.969. The van der Waals surface area contributed by atoms with E-state index in [1.54, 1.807) is 0 Å². The van der Waals surface area contributed by atoms with E-state index in [1.807, 2.05) is 25.1 Å². The fraction of sp³-hybridized carbons (Fsp3) is 0.571. The summed E-state index contributed by atoms with van der Waals surface area (Å²) in [6, 6.07) is 8.07. The van der Waals surface area contributed by atoms with E-state index in [0.29, 0.717) is 6.54 Å². The predicted octanol–water partition coefficient (Wildman–Crippen LogP) is 0.571. The molecule has 0 fully saturated rings. The Morgan fingerprint density at radius 2 is 2.06 bits per heavy atom. The first-order chi connectivity index (χ1) is 8.67. The number of hydrogen-bond acceptors (Lipinski definition) is 4. The summed E-state index contributed by atoms with van der Waals surface area (Å²) in [4.78, 5) is 0. The second-order valence-electron chi connectivity index (χ2n) is 5.31. The van der Waals surface area contributed by atoms with Crippen molar-refractivity contribution in [3.8, 4) is 5.75 Å². The largest absolute Gasteiger partial charge is 0.488 e. The van der Waals surface area contributed by atoms with Gasteiger partial charge in [0.1, 0.15) is 11.9 Å². The van der Waals surface area contributed by atoms with Crippen molar-refractivity contribution < 1.29 is 14.9 Å². The van der Waals surface area contributed by atoms with Gasteiger partial charge in [-0.15, -0.1) is 0 Å². The molecule has 1 heterocycles. The van der Waals surface area contributed by atoms with E-state index >= 15 is 0 Å². The molecule has 18 heavy (non-hydrogen) atoms. The van der Waals surface area contributed by atoms with Gasteiger partial charge in [0.25, 0.3) is 0 Å². The van der Waals surface area contributed by atoms with Gasteiger partial charge < -0.3 is 20.3 Å². The van der Waals surface area contributed by atoms with E-state index in [-0.39, 0.29) is 19.3 Å². The third-order valence-electron chi connectivity index (χ3n) is 3.40. The second kappa shape index (κ2) is 5.69. The Kier molecular flexibility index (Phi) is 4.22. The fourth-order valence-electron chi connectivity index (χ4n) is 2.06. The molecule has 0 radical (unpaired) electrons. The van der Waals surface area contributed by atoms with Crippen LogP contribution < -0.4 is 10.1 Å². The molecule has 100 valence electrons. The molecule has 0 aliphatic carbocycles. The van der Waals surface area contributed by atoms with Crippen LogP contribution in [0.1, 0.15) is 12.5 Å². The Labute approximate surface area is 108 Å². The Morgan fingerprint density at radius 3 is 2.72 bits per heavy atom.